The summed E-state index contributed by atoms with van der Waals surface area (Å²) in [4.78, 5) is 29.2. The summed E-state index contributed by atoms with van der Waals surface area (Å²) in [6.45, 7) is 3.28. The first-order valence-corrected chi connectivity index (χ1v) is 13.0. The number of hydrogen-bond donors (Lipinski definition) is 2. The molecule has 1 atom stereocenters. The second kappa shape index (κ2) is 11.3. The van der Waals surface area contributed by atoms with Gasteiger partial charge in [-0.2, -0.15) is 31.4 Å². The number of amides is 4. The van der Waals surface area contributed by atoms with E-state index in [1.165, 1.54) is 17.0 Å². The van der Waals surface area contributed by atoms with E-state index in [1.807, 2.05) is 0 Å². The summed E-state index contributed by atoms with van der Waals surface area (Å²) in [7, 11) is 0. The van der Waals surface area contributed by atoms with Gasteiger partial charge in [0, 0.05) is 17.9 Å². The van der Waals surface area contributed by atoms with E-state index >= 15 is 0 Å². The molecule has 4 rings (SSSR count). The standard InChI is InChI=1S/C28H30F6N4O3/c1-26(2)23(38(41)24(39)35-21-12-6-10-19(16-21)27(29,30)31)37(22-13-7-11-20(17-22)28(32,33)34)25(40)36(26)15-14-18-8-4-3-5-9-18/h6-8,10-13,16-17,23,41H,3-5,9,14-15H2,1-2H3,(H,35,39)/t23-/m1/s1. The molecule has 1 aliphatic heterocycles. The van der Waals surface area contributed by atoms with Gasteiger partial charge < -0.3 is 10.2 Å². The summed E-state index contributed by atoms with van der Waals surface area (Å²) in [5, 5.41) is 13.4. The maximum Gasteiger partial charge on any atom is 0.416 e. The van der Waals surface area contributed by atoms with Crippen molar-refractivity contribution in [2.45, 2.75) is 70.0 Å². The second-order valence-electron chi connectivity index (χ2n) is 10.6. The Hall–Kier alpha value is -3.74. The molecular formula is C28H30F6N4O3. The van der Waals surface area contributed by atoms with Crippen LogP contribution in [0.15, 0.2) is 60.2 Å². The molecule has 1 aliphatic carbocycles. The number of hydrogen-bond acceptors (Lipinski definition) is 3. The lowest BCUT2D eigenvalue weighted by molar-refractivity contribution is -0.138. The zero-order chi connectivity index (χ0) is 30.2. The van der Waals surface area contributed by atoms with Gasteiger partial charge in [0.2, 0.25) is 0 Å². The van der Waals surface area contributed by atoms with Gasteiger partial charge in [0.25, 0.3) is 0 Å². The Morgan fingerprint density at radius 2 is 1.66 bits per heavy atom. The number of carbonyl (C=O) groups is 2. The van der Waals surface area contributed by atoms with Crippen molar-refractivity contribution in [3.63, 3.8) is 0 Å². The summed E-state index contributed by atoms with van der Waals surface area (Å²) >= 11 is 0. The van der Waals surface area contributed by atoms with Crippen LogP contribution in [0.2, 0.25) is 0 Å². The molecule has 0 saturated carbocycles. The van der Waals surface area contributed by atoms with Crippen LogP contribution >= 0.6 is 0 Å². The normalized spacial score (nSPS) is 19.3. The molecule has 41 heavy (non-hydrogen) atoms. The minimum absolute atomic E-state index is 0.137. The van der Waals surface area contributed by atoms with Crippen LogP contribution in [-0.4, -0.2) is 45.5 Å². The maximum atomic E-state index is 13.8. The number of anilines is 2. The van der Waals surface area contributed by atoms with Crippen LogP contribution in [0.4, 0.5) is 47.3 Å². The van der Waals surface area contributed by atoms with Crippen molar-refractivity contribution in [3.8, 4) is 0 Å². The summed E-state index contributed by atoms with van der Waals surface area (Å²) in [6.07, 6.45) is -4.53. The Balaban J connectivity index is 1.68. The molecule has 4 amide bonds. The van der Waals surface area contributed by atoms with Crippen LogP contribution in [0.3, 0.4) is 0 Å². The number of rotatable bonds is 6. The highest BCUT2D eigenvalue weighted by atomic mass is 19.4. The molecule has 0 radical (unpaired) electrons. The number of halogens is 6. The second-order valence-corrected chi connectivity index (χ2v) is 10.6. The maximum absolute atomic E-state index is 13.8. The first-order chi connectivity index (χ1) is 19.1. The van der Waals surface area contributed by atoms with Gasteiger partial charge in [0.1, 0.15) is 0 Å². The van der Waals surface area contributed by atoms with Crippen LogP contribution in [0.5, 0.6) is 0 Å². The molecule has 2 aromatic rings. The van der Waals surface area contributed by atoms with Gasteiger partial charge in [-0.15, -0.1) is 0 Å². The average molecular weight is 585 g/mol. The largest absolute Gasteiger partial charge is 0.416 e. The van der Waals surface area contributed by atoms with E-state index in [4.69, 9.17) is 0 Å². The lowest BCUT2D eigenvalue weighted by atomic mass is 9.95. The third kappa shape index (κ3) is 6.45. The fourth-order valence-electron chi connectivity index (χ4n) is 5.26. The smallest absolute Gasteiger partial charge is 0.315 e. The molecule has 0 aromatic heterocycles. The molecule has 0 unspecified atom stereocenters. The van der Waals surface area contributed by atoms with Crippen molar-refractivity contribution in [1.82, 2.24) is 9.96 Å². The van der Waals surface area contributed by atoms with Gasteiger partial charge in [-0.1, -0.05) is 23.8 Å². The number of alkyl halides is 6. The van der Waals surface area contributed by atoms with Crippen LogP contribution in [0.25, 0.3) is 0 Å². The highest BCUT2D eigenvalue weighted by Crippen LogP contribution is 2.40. The molecule has 1 fully saturated rings. The number of benzene rings is 2. The van der Waals surface area contributed by atoms with Gasteiger partial charge >= 0.3 is 24.4 Å². The monoisotopic (exact) mass is 584 g/mol. The van der Waals surface area contributed by atoms with Crippen LogP contribution in [-0.2, 0) is 12.4 Å². The lowest BCUT2D eigenvalue weighted by Gasteiger charge is -2.38. The van der Waals surface area contributed by atoms with E-state index in [1.54, 1.807) is 13.8 Å². The molecule has 2 aromatic carbocycles. The van der Waals surface area contributed by atoms with Gasteiger partial charge in [0.15, 0.2) is 6.17 Å². The Kier molecular flexibility index (Phi) is 8.30. The molecule has 2 aliphatic rings. The van der Waals surface area contributed by atoms with Crippen molar-refractivity contribution in [1.29, 1.82) is 0 Å². The Morgan fingerprint density at radius 1 is 1.02 bits per heavy atom. The number of urea groups is 2. The summed E-state index contributed by atoms with van der Waals surface area (Å²) < 4.78 is 80.0. The highest BCUT2D eigenvalue weighted by molar-refractivity contribution is 5.98. The first-order valence-electron chi connectivity index (χ1n) is 13.0. The van der Waals surface area contributed by atoms with Crippen LogP contribution in [0.1, 0.15) is 57.1 Å². The molecule has 222 valence electrons. The van der Waals surface area contributed by atoms with Crippen molar-refractivity contribution >= 4 is 23.4 Å². The van der Waals surface area contributed by atoms with Crippen LogP contribution in [0, 0.1) is 0 Å². The summed E-state index contributed by atoms with van der Waals surface area (Å²) in [6, 6.07) is 5.65. The minimum atomic E-state index is -4.73. The van der Waals surface area contributed by atoms with Gasteiger partial charge in [-0.05, 0) is 82.3 Å². The number of carbonyl (C=O) groups excluding carboxylic acids is 2. The summed E-state index contributed by atoms with van der Waals surface area (Å²) in [5.41, 5.74) is -2.77. The molecule has 1 saturated heterocycles. The van der Waals surface area contributed by atoms with E-state index in [0.717, 1.165) is 66.5 Å². The number of nitrogens with zero attached hydrogens (tertiary/aromatic N) is 3. The summed E-state index contributed by atoms with van der Waals surface area (Å²) in [5.74, 6) is 0. The van der Waals surface area contributed by atoms with E-state index < -0.39 is 47.2 Å². The predicted molar refractivity (Wildman–Crippen MR) is 139 cm³/mol. The van der Waals surface area contributed by atoms with Gasteiger partial charge in [-0.25, -0.2) is 9.59 Å². The molecule has 0 spiro atoms. The molecule has 1 heterocycles. The van der Waals surface area contributed by atoms with E-state index in [-0.39, 0.29) is 23.0 Å². The minimum Gasteiger partial charge on any atom is -0.315 e. The van der Waals surface area contributed by atoms with E-state index in [2.05, 4.69) is 11.4 Å². The molecule has 0 bridgehead atoms. The zero-order valence-corrected chi connectivity index (χ0v) is 22.4. The lowest BCUT2D eigenvalue weighted by Crippen LogP contribution is -2.58. The first kappa shape index (κ1) is 30.2. The number of allylic oxidation sites excluding steroid dienone is 1. The molecule has 13 heteroatoms. The van der Waals surface area contributed by atoms with Crippen molar-refractivity contribution in [3.05, 3.63) is 71.3 Å². The Labute approximate surface area is 233 Å². The number of nitrogens with one attached hydrogen (secondary N) is 1. The van der Waals surface area contributed by atoms with Crippen molar-refractivity contribution in [2.75, 3.05) is 16.8 Å². The quantitative estimate of drug-likeness (QED) is 0.157. The molecule has 7 nitrogen and oxygen atoms in total. The predicted octanol–water partition coefficient (Wildman–Crippen LogP) is 7.88. The topological polar surface area (TPSA) is 76.1 Å². The SMILES string of the molecule is CC1(C)[C@@H](N(O)C(=O)Nc2cccc(C(F)(F)F)c2)N(c2cccc(C(F)(F)F)c2)C(=O)N1CCC1=CCCCC1. The van der Waals surface area contributed by atoms with Crippen molar-refractivity contribution < 1.29 is 41.1 Å². The van der Waals surface area contributed by atoms with Gasteiger partial charge in [-0.3, -0.25) is 10.1 Å². The zero-order valence-electron chi connectivity index (χ0n) is 22.4. The van der Waals surface area contributed by atoms with E-state index in [9.17, 15) is 41.1 Å². The highest BCUT2D eigenvalue weighted by Gasteiger charge is 2.56. The fraction of sp³-hybridized carbons (Fsp3) is 0.429. The Morgan fingerprint density at radius 3 is 2.27 bits per heavy atom. The third-order valence-corrected chi connectivity index (χ3v) is 7.38. The molecular weight excluding hydrogens is 554 g/mol. The third-order valence-electron chi connectivity index (χ3n) is 7.38. The van der Waals surface area contributed by atoms with Crippen LogP contribution < -0.4 is 10.2 Å². The fourth-order valence-corrected chi connectivity index (χ4v) is 5.26. The molecule has 2 N–H and O–H groups in total. The average Bonchev–Trinajstić information content (AvgIpc) is 3.11. The van der Waals surface area contributed by atoms with E-state index in [0.29, 0.717) is 12.5 Å². The van der Waals surface area contributed by atoms with Crippen molar-refractivity contribution in [2.24, 2.45) is 0 Å². The Bertz CT molecular complexity index is 1320. The number of hydroxylamine groups is 2. The van der Waals surface area contributed by atoms with Gasteiger partial charge in [0.05, 0.1) is 16.7 Å².